The predicted molar refractivity (Wildman–Crippen MR) is 64.4 cm³/mol. The minimum atomic E-state index is -0.201. The number of hydrogen-bond acceptors (Lipinski definition) is 2. The topological polar surface area (TPSA) is 35.2 Å². The number of rotatable bonds is 3. The molecule has 1 aromatic rings. The molecule has 1 aromatic carbocycles. The van der Waals surface area contributed by atoms with Crippen LogP contribution in [0.5, 0.6) is 5.75 Å². The lowest BCUT2D eigenvalue weighted by Crippen LogP contribution is -2.34. The zero-order valence-electron chi connectivity index (χ0n) is 10.3. The van der Waals surface area contributed by atoms with Crippen molar-refractivity contribution in [2.75, 3.05) is 7.11 Å². The highest BCUT2D eigenvalue weighted by Gasteiger charge is 2.16. The van der Waals surface area contributed by atoms with E-state index >= 15 is 0 Å². The van der Waals surface area contributed by atoms with Crippen LogP contribution >= 0.6 is 0 Å². The lowest BCUT2D eigenvalue weighted by molar-refractivity contribution is 0.399. The van der Waals surface area contributed by atoms with E-state index in [9.17, 15) is 0 Å². The van der Waals surface area contributed by atoms with E-state index in [1.807, 2.05) is 13.8 Å². The molecule has 0 aliphatic rings. The largest absolute Gasteiger partial charge is 0.496 e. The van der Waals surface area contributed by atoms with Crippen LogP contribution in [0.3, 0.4) is 0 Å². The number of hydrogen-bond donors (Lipinski definition) is 1. The van der Waals surface area contributed by atoms with E-state index in [-0.39, 0.29) is 5.54 Å². The van der Waals surface area contributed by atoms with Gasteiger partial charge in [0.2, 0.25) is 0 Å². The van der Waals surface area contributed by atoms with E-state index in [1.54, 1.807) is 7.11 Å². The highest BCUT2D eigenvalue weighted by molar-refractivity contribution is 5.44. The van der Waals surface area contributed by atoms with Gasteiger partial charge in [-0.15, -0.1) is 0 Å². The molecule has 0 atom stereocenters. The first-order chi connectivity index (χ1) is 6.83. The molecule has 0 fully saturated rings. The van der Waals surface area contributed by atoms with Crippen LogP contribution in [-0.2, 0) is 6.42 Å². The zero-order valence-corrected chi connectivity index (χ0v) is 10.3. The monoisotopic (exact) mass is 207 g/mol. The Hall–Kier alpha value is -1.02. The lowest BCUT2D eigenvalue weighted by atomic mass is 9.93. The van der Waals surface area contributed by atoms with Gasteiger partial charge >= 0.3 is 0 Å². The Labute approximate surface area is 92.4 Å². The molecule has 0 aromatic heterocycles. The summed E-state index contributed by atoms with van der Waals surface area (Å²) in [5.74, 6) is 0.971. The summed E-state index contributed by atoms with van der Waals surface area (Å²) in [5.41, 5.74) is 9.47. The van der Waals surface area contributed by atoms with E-state index in [0.717, 1.165) is 12.2 Å². The molecule has 84 valence electrons. The molecule has 0 radical (unpaired) electrons. The van der Waals surface area contributed by atoms with Gasteiger partial charge in [0.15, 0.2) is 0 Å². The smallest absolute Gasteiger partial charge is 0.125 e. The van der Waals surface area contributed by atoms with E-state index < -0.39 is 0 Å². The molecule has 1 rings (SSSR count). The third-order valence-corrected chi connectivity index (χ3v) is 2.35. The van der Waals surface area contributed by atoms with E-state index in [2.05, 4.69) is 26.0 Å². The van der Waals surface area contributed by atoms with Crippen molar-refractivity contribution in [1.82, 2.24) is 0 Å². The first-order valence-corrected chi connectivity index (χ1v) is 5.26. The van der Waals surface area contributed by atoms with Crippen molar-refractivity contribution in [3.8, 4) is 5.75 Å². The summed E-state index contributed by atoms with van der Waals surface area (Å²) in [4.78, 5) is 0. The van der Waals surface area contributed by atoms with Crippen molar-refractivity contribution in [3.63, 3.8) is 0 Å². The maximum Gasteiger partial charge on any atom is 0.125 e. The van der Waals surface area contributed by atoms with Gasteiger partial charge in [0, 0.05) is 5.54 Å². The van der Waals surface area contributed by atoms with E-state index in [1.165, 1.54) is 16.7 Å². The fourth-order valence-electron chi connectivity index (χ4n) is 1.96. The Morgan fingerprint density at radius 2 is 1.87 bits per heavy atom. The van der Waals surface area contributed by atoms with Gasteiger partial charge in [-0.05, 0) is 45.2 Å². The maximum atomic E-state index is 6.04. The van der Waals surface area contributed by atoms with Gasteiger partial charge in [-0.1, -0.05) is 17.7 Å². The summed E-state index contributed by atoms with van der Waals surface area (Å²) in [5, 5.41) is 0. The van der Waals surface area contributed by atoms with Crippen LogP contribution < -0.4 is 10.5 Å². The summed E-state index contributed by atoms with van der Waals surface area (Å²) in [6.07, 6.45) is 0.832. The number of aryl methyl sites for hydroxylation is 2. The molecule has 2 heteroatoms. The van der Waals surface area contributed by atoms with Crippen molar-refractivity contribution in [2.45, 2.75) is 39.7 Å². The van der Waals surface area contributed by atoms with Crippen LogP contribution in [0.25, 0.3) is 0 Å². The number of methoxy groups -OCH3 is 1. The summed E-state index contributed by atoms with van der Waals surface area (Å²) in [6, 6.07) is 4.28. The van der Waals surface area contributed by atoms with Gasteiger partial charge < -0.3 is 10.5 Å². The van der Waals surface area contributed by atoms with Crippen LogP contribution in [0.15, 0.2) is 12.1 Å². The van der Waals surface area contributed by atoms with Crippen LogP contribution in [0.2, 0.25) is 0 Å². The number of nitrogens with two attached hydrogens (primary N) is 1. The van der Waals surface area contributed by atoms with Crippen molar-refractivity contribution in [1.29, 1.82) is 0 Å². The highest BCUT2D eigenvalue weighted by Crippen LogP contribution is 2.27. The Morgan fingerprint density at radius 1 is 1.27 bits per heavy atom. The van der Waals surface area contributed by atoms with Crippen molar-refractivity contribution in [3.05, 3.63) is 28.8 Å². The van der Waals surface area contributed by atoms with Crippen LogP contribution in [0, 0.1) is 13.8 Å². The predicted octanol–water partition coefficient (Wildman–Crippen LogP) is 2.59. The number of ether oxygens (including phenoxy) is 1. The summed E-state index contributed by atoms with van der Waals surface area (Å²) < 4.78 is 5.42. The Balaban J connectivity index is 3.15. The Bertz CT molecular complexity index is 350. The fraction of sp³-hybridized carbons (Fsp3) is 0.538. The quantitative estimate of drug-likeness (QED) is 0.827. The first-order valence-electron chi connectivity index (χ1n) is 5.26. The standard InChI is InChI=1S/C13H21NO/c1-9-6-10(2)12(15-5)11(7-9)8-13(3,4)14/h6-7H,8,14H2,1-5H3. The van der Waals surface area contributed by atoms with Crippen molar-refractivity contribution in [2.24, 2.45) is 5.73 Å². The van der Waals surface area contributed by atoms with Crippen LogP contribution in [0.1, 0.15) is 30.5 Å². The molecule has 15 heavy (non-hydrogen) atoms. The second kappa shape index (κ2) is 4.23. The molecule has 0 spiro atoms. The average molecular weight is 207 g/mol. The molecule has 0 unspecified atom stereocenters. The number of benzene rings is 1. The fourth-order valence-corrected chi connectivity index (χ4v) is 1.96. The van der Waals surface area contributed by atoms with Gasteiger partial charge in [-0.2, -0.15) is 0 Å². The minimum absolute atomic E-state index is 0.201. The second-order valence-corrected chi connectivity index (χ2v) is 4.94. The zero-order chi connectivity index (χ0) is 11.6. The molecular formula is C13H21NO. The molecule has 0 heterocycles. The van der Waals surface area contributed by atoms with Crippen molar-refractivity contribution < 1.29 is 4.74 Å². The van der Waals surface area contributed by atoms with Gasteiger partial charge in [-0.3, -0.25) is 0 Å². The summed E-state index contributed by atoms with van der Waals surface area (Å²) >= 11 is 0. The Kier molecular flexibility index (Phi) is 3.40. The average Bonchev–Trinajstić information content (AvgIpc) is 1.99. The van der Waals surface area contributed by atoms with E-state index in [0.29, 0.717) is 0 Å². The van der Waals surface area contributed by atoms with Gasteiger partial charge in [0.1, 0.15) is 5.75 Å². The summed E-state index contributed by atoms with van der Waals surface area (Å²) in [7, 11) is 1.71. The molecule has 2 nitrogen and oxygen atoms in total. The molecule has 2 N–H and O–H groups in total. The SMILES string of the molecule is COc1c(C)cc(C)cc1CC(C)(C)N. The van der Waals surface area contributed by atoms with E-state index in [4.69, 9.17) is 10.5 Å². The van der Waals surface area contributed by atoms with Gasteiger partial charge in [-0.25, -0.2) is 0 Å². The minimum Gasteiger partial charge on any atom is -0.496 e. The molecule has 0 aliphatic heterocycles. The van der Waals surface area contributed by atoms with Crippen LogP contribution in [0.4, 0.5) is 0 Å². The third kappa shape index (κ3) is 3.24. The van der Waals surface area contributed by atoms with Crippen LogP contribution in [-0.4, -0.2) is 12.6 Å². The highest BCUT2D eigenvalue weighted by atomic mass is 16.5. The normalized spacial score (nSPS) is 11.6. The molecule has 0 amide bonds. The molecule has 0 saturated carbocycles. The lowest BCUT2D eigenvalue weighted by Gasteiger charge is -2.21. The third-order valence-electron chi connectivity index (χ3n) is 2.35. The van der Waals surface area contributed by atoms with Gasteiger partial charge in [0.05, 0.1) is 7.11 Å². The maximum absolute atomic E-state index is 6.04. The molecule has 0 saturated heterocycles. The second-order valence-electron chi connectivity index (χ2n) is 4.94. The Morgan fingerprint density at radius 3 is 2.33 bits per heavy atom. The van der Waals surface area contributed by atoms with Gasteiger partial charge in [0.25, 0.3) is 0 Å². The molecular weight excluding hydrogens is 186 g/mol. The first kappa shape index (κ1) is 12.1. The molecule has 0 bridgehead atoms. The molecule has 0 aliphatic carbocycles. The van der Waals surface area contributed by atoms with Crippen molar-refractivity contribution >= 4 is 0 Å². The summed E-state index contributed by atoms with van der Waals surface area (Å²) in [6.45, 7) is 8.23.